The lowest BCUT2D eigenvalue weighted by molar-refractivity contribution is 0.217. The Morgan fingerprint density at radius 3 is 2.96 bits per heavy atom. The number of carbonyl (C=O) groups excluding carboxylic acids is 1. The standard InChI is InChI=1S/C21H20FN5O/c22-14-3-1-4-15(11-14)25-21(28)27-9-7-13(8-10-27)19-18-16-5-2-6-17(16)26-20(18)24-12-23-19/h1,3-4,7,11-12H,2,5-6,8-10H2,(H,25,28)(H,23,24,26). The number of rotatable bonds is 2. The SMILES string of the molecule is O=C(Nc1cccc(F)c1)N1CC=C(c2ncnc3[nH]c4c(c23)CCC4)CC1. The first kappa shape index (κ1) is 16.9. The number of anilines is 1. The van der Waals surface area contributed by atoms with Gasteiger partial charge in [-0.15, -0.1) is 0 Å². The van der Waals surface area contributed by atoms with Gasteiger partial charge in [-0.1, -0.05) is 12.1 Å². The van der Waals surface area contributed by atoms with Gasteiger partial charge in [-0.25, -0.2) is 19.2 Å². The lowest BCUT2D eigenvalue weighted by atomic mass is 10.00. The molecule has 1 aromatic carbocycles. The van der Waals surface area contributed by atoms with Crippen LogP contribution in [0.3, 0.4) is 0 Å². The zero-order valence-corrected chi connectivity index (χ0v) is 15.3. The summed E-state index contributed by atoms with van der Waals surface area (Å²) in [6.07, 6.45) is 7.68. The van der Waals surface area contributed by atoms with E-state index in [2.05, 4.69) is 26.3 Å². The van der Waals surface area contributed by atoms with Gasteiger partial charge in [-0.3, -0.25) is 0 Å². The third kappa shape index (κ3) is 2.93. The van der Waals surface area contributed by atoms with Crippen molar-refractivity contribution in [3.05, 3.63) is 59.4 Å². The van der Waals surface area contributed by atoms with E-state index in [0.29, 0.717) is 18.8 Å². The number of halogens is 1. The van der Waals surface area contributed by atoms with Crippen LogP contribution in [-0.2, 0) is 12.8 Å². The van der Waals surface area contributed by atoms with E-state index in [9.17, 15) is 9.18 Å². The Kier molecular flexibility index (Phi) is 4.07. The first-order chi connectivity index (χ1) is 13.7. The van der Waals surface area contributed by atoms with Crippen molar-refractivity contribution in [2.24, 2.45) is 0 Å². The van der Waals surface area contributed by atoms with Crippen LogP contribution < -0.4 is 5.32 Å². The molecule has 3 heterocycles. The summed E-state index contributed by atoms with van der Waals surface area (Å²) in [6.45, 7) is 1.08. The Balaban J connectivity index is 1.36. The number of fused-ring (bicyclic) bond motifs is 3. The lowest BCUT2D eigenvalue weighted by Crippen LogP contribution is -2.38. The zero-order chi connectivity index (χ0) is 19.1. The smallest absolute Gasteiger partial charge is 0.322 e. The maximum atomic E-state index is 13.3. The Morgan fingerprint density at radius 1 is 1.21 bits per heavy atom. The minimum atomic E-state index is -0.370. The van der Waals surface area contributed by atoms with E-state index in [1.807, 2.05) is 0 Å². The zero-order valence-electron chi connectivity index (χ0n) is 15.3. The summed E-state index contributed by atoms with van der Waals surface area (Å²) in [5, 5.41) is 3.89. The van der Waals surface area contributed by atoms with Crippen molar-refractivity contribution in [3.63, 3.8) is 0 Å². The summed E-state index contributed by atoms with van der Waals surface area (Å²) in [6, 6.07) is 5.70. The van der Waals surface area contributed by atoms with Gasteiger partial charge in [0.1, 0.15) is 17.8 Å². The highest BCUT2D eigenvalue weighted by molar-refractivity contribution is 5.93. The molecule has 2 N–H and O–H groups in total. The minimum Gasteiger partial charge on any atom is -0.343 e. The average molecular weight is 377 g/mol. The van der Waals surface area contributed by atoms with E-state index in [4.69, 9.17) is 0 Å². The van der Waals surface area contributed by atoms with E-state index < -0.39 is 0 Å². The molecule has 0 saturated carbocycles. The second-order valence-corrected chi connectivity index (χ2v) is 7.25. The largest absolute Gasteiger partial charge is 0.343 e. The maximum Gasteiger partial charge on any atom is 0.322 e. The molecule has 2 aliphatic rings. The molecule has 0 unspecified atom stereocenters. The number of nitrogens with zero attached hydrogens (tertiary/aromatic N) is 3. The molecule has 0 spiro atoms. The molecule has 28 heavy (non-hydrogen) atoms. The number of hydrogen-bond donors (Lipinski definition) is 2. The number of hydrogen-bond acceptors (Lipinski definition) is 3. The normalized spacial score (nSPS) is 16.2. The third-order valence-corrected chi connectivity index (χ3v) is 5.51. The summed E-state index contributed by atoms with van der Waals surface area (Å²) < 4.78 is 13.3. The molecular weight excluding hydrogens is 357 g/mol. The van der Waals surface area contributed by atoms with Crippen molar-refractivity contribution in [2.75, 3.05) is 18.4 Å². The molecule has 0 saturated heterocycles. The second kappa shape index (κ2) is 6.74. The van der Waals surface area contributed by atoms with Crippen LogP contribution in [0.5, 0.6) is 0 Å². The number of nitrogens with one attached hydrogen (secondary N) is 2. The monoisotopic (exact) mass is 377 g/mol. The Morgan fingerprint density at radius 2 is 2.14 bits per heavy atom. The number of aromatic nitrogens is 3. The molecule has 0 bridgehead atoms. The number of amides is 2. The van der Waals surface area contributed by atoms with Crippen LogP contribution >= 0.6 is 0 Å². The van der Waals surface area contributed by atoms with Crippen LogP contribution in [0, 0.1) is 5.82 Å². The van der Waals surface area contributed by atoms with Gasteiger partial charge in [0.05, 0.1) is 5.69 Å². The van der Waals surface area contributed by atoms with Crippen LogP contribution in [0.15, 0.2) is 36.7 Å². The molecule has 5 rings (SSSR count). The van der Waals surface area contributed by atoms with Crippen molar-refractivity contribution in [1.82, 2.24) is 19.9 Å². The Bertz CT molecular complexity index is 1100. The number of urea groups is 1. The van der Waals surface area contributed by atoms with E-state index in [1.54, 1.807) is 23.4 Å². The summed E-state index contributed by atoms with van der Waals surface area (Å²) in [5.41, 5.74) is 6.12. The molecule has 2 aromatic heterocycles. The highest BCUT2D eigenvalue weighted by Gasteiger charge is 2.24. The molecule has 1 aliphatic heterocycles. The molecule has 7 heteroatoms. The summed E-state index contributed by atoms with van der Waals surface area (Å²) in [7, 11) is 0. The van der Waals surface area contributed by atoms with Gasteiger partial charge in [0.15, 0.2) is 0 Å². The third-order valence-electron chi connectivity index (χ3n) is 5.51. The molecule has 6 nitrogen and oxygen atoms in total. The predicted octanol–water partition coefficient (Wildman–Crippen LogP) is 3.91. The van der Waals surface area contributed by atoms with Gasteiger partial charge in [0.2, 0.25) is 0 Å². The molecule has 0 radical (unpaired) electrons. The van der Waals surface area contributed by atoms with Crippen molar-refractivity contribution in [2.45, 2.75) is 25.7 Å². The predicted molar refractivity (Wildman–Crippen MR) is 105 cm³/mol. The molecule has 3 aromatic rings. The fourth-order valence-electron chi connectivity index (χ4n) is 4.15. The minimum absolute atomic E-state index is 0.226. The Hall–Kier alpha value is -3.22. The van der Waals surface area contributed by atoms with Crippen molar-refractivity contribution >= 4 is 28.3 Å². The first-order valence-corrected chi connectivity index (χ1v) is 9.54. The van der Waals surface area contributed by atoms with Gasteiger partial charge in [0.25, 0.3) is 0 Å². The number of aryl methyl sites for hydroxylation is 2. The summed E-state index contributed by atoms with van der Waals surface area (Å²) >= 11 is 0. The van der Waals surface area contributed by atoms with Gasteiger partial charge in [-0.05, 0) is 55.0 Å². The van der Waals surface area contributed by atoms with Crippen molar-refractivity contribution in [3.8, 4) is 0 Å². The molecule has 2 amide bonds. The van der Waals surface area contributed by atoms with Gasteiger partial charge in [0, 0.05) is 29.9 Å². The van der Waals surface area contributed by atoms with Gasteiger partial charge < -0.3 is 15.2 Å². The van der Waals surface area contributed by atoms with E-state index >= 15 is 0 Å². The molecule has 1 aliphatic carbocycles. The van der Waals surface area contributed by atoms with E-state index in [1.165, 1.54) is 29.8 Å². The van der Waals surface area contributed by atoms with Gasteiger partial charge in [-0.2, -0.15) is 0 Å². The van der Waals surface area contributed by atoms with Gasteiger partial charge >= 0.3 is 6.03 Å². The molecular formula is C21H20FN5O. The quantitative estimate of drug-likeness (QED) is 0.711. The van der Waals surface area contributed by atoms with E-state index in [-0.39, 0.29) is 11.8 Å². The Labute approximate surface area is 161 Å². The summed E-state index contributed by atoms with van der Waals surface area (Å²) in [4.78, 5) is 26.6. The van der Waals surface area contributed by atoms with Crippen molar-refractivity contribution < 1.29 is 9.18 Å². The fraction of sp³-hybridized carbons (Fsp3) is 0.286. The van der Waals surface area contributed by atoms with E-state index in [0.717, 1.165) is 41.6 Å². The second-order valence-electron chi connectivity index (χ2n) is 7.25. The van der Waals surface area contributed by atoms with Crippen LogP contribution in [0.2, 0.25) is 0 Å². The van der Waals surface area contributed by atoms with Crippen LogP contribution in [-0.4, -0.2) is 39.0 Å². The number of H-pyrrole nitrogens is 1. The number of benzene rings is 1. The lowest BCUT2D eigenvalue weighted by Gasteiger charge is -2.26. The summed E-state index contributed by atoms with van der Waals surface area (Å²) in [5.74, 6) is -0.370. The fourth-order valence-corrected chi connectivity index (χ4v) is 4.15. The molecule has 0 atom stereocenters. The highest BCUT2D eigenvalue weighted by atomic mass is 19.1. The maximum absolute atomic E-state index is 13.3. The van der Waals surface area contributed by atoms with Crippen molar-refractivity contribution in [1.29, 1.82) is 0 Å². The average Bonchev–Trinajstić information content (AvgIpc) is 3.29. The van der Waals surface area contributed by atoms with Crippen LogP contribution in [0.1, 0.15) is 29.8 Å². The number of carbonyl (C=O) groups is 1. The van der Waals surface area contributed by atoms with Crippen LogP contribution in [0.25, 0.3) is 16.6 Å². The van der Waals surface area contributed by atoms with Crippen LogP contribution in [0.4, 0.5) is 14.9 Å². The highest BCUT2D eigenvalue weighted by Crippen LogP contribution is 2.34. The molecule has 142 valence electrons. The number of aromatic amines is 1. The molecule has 0 fully saturated rings. The topological polar surface area (TPSA) is 73.9 Å². The first-order valence-electron chi connectivity index (χ1n) is 9.54.